The number of hydrogen-bond acceptors (Lipinski definition) is 5. The highest BCUT2D eigenvalue weighted by molar-refractivity contribution is 5.83. The molecule has 132 valence electrons. The van der Waals surface area contributed by atoms with Crippen molar-refractivity contribution in [2.24, 2.45) is 5.41 Å². The molecule has 4 unspecified atom stereocenters. The van der Waals surface area contributed by atoms with Crippen LogP contribution in [0.25, 0.3) is 0 Å². The monoisotopic (exact) mass is 334 g/mol. The number of nitrogens with one attached hydrogen (secondary N) is 3. The molecule has 24 heavy (non-hydrogen) atoms. The van der Waals surface area contributed by atoms with Crippen molar-refractivity contribution in [2.75, 3.05) is 0 Å². The minimum atomic E-state index is -0.984. The summed E-state index contributed by atoms with van der Waals surface area (Å²) in [6.07, 6.45) is 0.676. The maximum Gasteiger partial charge on any atom is 0.254 e. The molecule has 0 aromatic heterocycles. The van der Waals surface area contributed by atoms with Gasteiger partial charge in [0.2, 0.25) is 5.91 Å². The van der Waals surface area contributed by atoms with E-state index in [0.29, 0.717) is 6.42 Å². The van der Waals surface area contributed by atoms with Crippen LogP contribution in [0.4, 0.5) is 0 Å². The van der Waals surface area contributed by atoms with Gasteiger partial charge in [0, 0.05) is 11.0 Å². The van der Waals surface area contributed by atoms with Gasteiger partial charge in [-0.1, -0.05) is 51.1 Å². The molecule has 1 aliphatic heterocycles. The lowest BCUT2D eigenvalue weighted by molar-refractivity contribution is -0.523. The summed E-state index contributed by atoms with van der Waals surface area (Å²) in [4.78, 5) is 23.5. The number of nitrogens with zero attached hydrogens (tertiary/aromatic N) is 1. The molecule has 1 aromatic carbocycles. The Morgan fingerprint density at radius 2 is 1.92 bits per heavy atom. The molecule has 0 bridgehead atoms. The topological polar surface area (TPSA) is 96.3 Å². The lowest BCUT2D eigenvalue weighted by Gasteiger charge is -2.32. The molecule has 1 aromatic rings. The Balaban J connectivity index is 2.12. The van der Waals surface area contributed by atoms with E-state index in [4.69, 9.17) is 0 Å². The van der Waals surface area contributed by atoms with Gasteiger partial charge >= 0.3 is 0 Å². The third-order valence-electron chi connectivity index (χ3n) is 4.49. The highest BCUT2D eigenvalue weighted by Gasteiger charge is 2.47. The van der Waals surface area contributed by atoms with E-state index in [0.717, 1.165) is 5.56 Å². The van der Waals surface area contributed by atoms with Crippen molar-refractivity contribution in [1.29, 1.82) is 0 Å². The summed E-state index contributed by atoms with van der Waals surface area (Å²) in [5, 5.41) is 14.3. The summed E-state index contributed by atoms with van der Waals surface area (Å²) in [6.45, 7) is 7.84. The van der Waals surface area contributed by atoms with Gasteiger partial charge in [0.15, 0.2) is 6.04 Å². The third kappa shape index (κ3) is 4.30. The molecule has 1 amide bonds. The molecule has 1 fully saturated rings. The fourth-order valence-corrected chi connectivity index (χ4v) is 2.89. The molecule has 4 atom stereocenters. The van der Waals surface area contributed by atoms with Gasteiger partial charge in [-0.25, -0.2) is 10.9 Å². The number of benzene rings is 1. The molecule has 1 heterocycles. The molecule has 0 radical (unpaired) electrons. The lowest BCUT2D eigenvalue weighted by Crippen LogP contribution is -2.55. The summed E-state index contributed by atoms with van der Waals surface area (Å²) in [6, 6.07) is 7.51. The van der Waals surface area contributed by atoms with Crippen molar-refractivity contribution < 1.29 is 9.72 Å². The predicted molar refractivity (Wildman–Crippen MR) is 91.8 cm³/mol. The van der Waals surface area contributed by atoms with Crippen molar-refractivity contribution in [3.63, 3.8) is 0 Å². The fourth-order valence-electron chi connectivity index (χ4n) is 2.89. The first-order valence-corrected chi connectivity index (χ1v) is 8.19. The predicted octanol–water partition coefficient (Wildman–Crippen LogP) is 1.27. The van der Waals surface area contributed by atoms with Gasteiger partial charge in [0.25, 0.3) is 6.04 Å². The Morgan fingerprint density at radius 3 is 2.46 bits per heavy atom. The van der Waals surface area contributed by atoms with Gasteiger partial charge < -0.3 is 5.32 Å². The number of hydrazine groups is 1. The average molecular weight is 334 g/mol. The van der Waals surface area contributed by atoms with Crippen LogP contribution in [0.15, 0.2) is 30.3 Å². The number of carbonyl (C=O) groups excluding carboxylic acids is 1. The first-order valence-electron chi connectivity index (χ1n) is 8.19. The number of carbonyl (C=O) groups is 1. The number of hydrogen-bond donors (Lipinski definition) is 3. The largest absolute Gasteiger partial charge is 0.351 e. The zero-order valence-corrected chi connectivity index (χ0v) is 14.6. The average Bonchev–Trinajstić information content (AvgIpc) is 2.88. The molecule has 1 aliphatic rings. The Hall–Kier alpha value is -1.99. The number of rotatable bonds is 5. The van der Waals surface area contributed by atoms with Crippen LogP contribution < -0.4 is 16.2 Å². The van der Waals surface area contributed by atoms with Crippen molar-refractivity contribution in [2.45, 2.75) is 58.3 Å². The molecular formula is C17H26N4O3. The number of amides is 1. The van der Waals surface area contributed by atoms with E-state index >= 15 is 0 Å². The first kappa shape index (κ1) is 18.4. The highest BCUT2D eigenvalue weighted by atomic mass is 16.6. The van der Waals surface area contributed by atoms with Crippen LogP contribution in [0.1, 0.15) is 33.3 Å². The van der Waals surface area contributed by atoms with Gasteiger partial charge in [-0.3, -0.25) is 14.9 Å². The molecule has 0 aliphatic carbocycles. The van der Waals surface area contributed by atoms with Gasteiger partial charge in [0.1, 0.15) is 0 Å². The Kier molecular flexibility index (Phi) is 5.56. The molecular weight excluding hydrogens is 308 g/mol. The van der Waals surface area contributed by atoms with E-state index in [9.17, 15) is 14.9 Å². The highest BCUT2D eigenvalue weighted by Crippen LogP contribution is 2.23. The minimum absolute atomic E-state index is 0.127. The molecule has 7 nitrogen and oxygen atoms in total. The summed E-state index contributed by atoms with van der Waals surface area (Å²) in [7, 11) is 0. The van der Waals surface area contributed by atoms with Crippen LogP contribution >= 0.6 is 0 Å². The van der Waals surface area contributed by atoms with Gasteiger partial charge in [0.05, 0.1) is 6.04 Å². The van der Waals surface area contributed by atoms with E-state index in [1.54, 1.807) is 6.92 Å². The molecule has 0 spiro atoms. The van der Waals surface area contributed by atoms with Crippen molar-refractivity contribution in [1.82, 2.24) is 16.2 Å². The maximum atomic E-state index is 12.6. The molecule has 2 rings (SSSR count). The van der Waals surface area contributed by atoms with Crippen molar-refractivity contribution in [3.05, 3.63) is 46.0 Å². The van der Waals surface area contributed by atoms with Crippen LogP contribution in [-0.4, -0.2) is 35.0 Å². The van der Waals surface area contributed by atoms with Crippen LogP contribution in [0.2, 0.25) is 0 Å². The van der Waals surface area contributed by atoms with E-state index in [2.05, 4.69) is 36.9 Å². The Morgan fingerprint density at radius 1 is 1.29 bits per heavy atom. The second-order valence-corrected chi connectivity index (χ2v) is 7.45. The summed E-state index contributed by atoms with van der Waals surface area (Å²) in [5.41, 5.74) is 6.49. The van der Waals surface area contributed by atoms with Crippen molar-refractivity contribution >= 4 is 5.91 Å². The normalized spacial score (nSPS) is 25.2. The SMILES string of the molecule is CC1NNC(C(=O)NC(Cc2ccccc2)C(C)(C)C)C1[N+](=O)[O-]. The molecule has 7 heteroatoms. The second kappa shape index (κ2) is 7.27. The minimum Gasteiger partial charge on any atom is -0.351 e. The van der Waals surface area contributed by atoms with Crippen LogP contribution in [-0.2, 0) is 11.2 Å². The summed E-state index contributed by atoms with van der Waals surface area (Å²) < 4.78 is 0. The zero-order valence-electron chi connectivity index (χ0n) is 14.6. The number of nitro groups is 1. The van der Waals surface area contributed by atoms with Crippen LogP contribution in [0.3, 0.4) is 0 Å². The second-order valence-electron chi connectivity index (χ2n) is 7.45. The quantitative estimate of drug-likeness (QED) is 0.557. The van der Waals surface area contributed by atoms with E-state index in [1.807, 2.05) is 30.3 Å². The zero-order chi connectivity index (χ0) is 17.9. The molecule has 3 N–H and O–H groups in total. The Labute approximate surface area is 142 Å². The Bertz CT molecular complexity index is 585. The third-order valence-corrected chi connectivity index (χ3v) is 4.49. The van der Waals surface area contributed by atoms with E-state index in [-0.39, 0.29) is 17.4 Å². The van der Waals surface area contributed by atoms with Gasteiger partial charge in [-0.15, -0.1) is 0 Å². The van der Waals surface area contributed by atoms with Crippen LogP contribution in [0.5, 0.6) is 0 Å². The molecule has 1 saturated heterocycles. The van der Waals surface area contributed by atoms with E-state index < -0.39 is 23.0 Å². The standard InChI is InChI=1S/C17H26N4O3/c1-11-15(21(23)24)14(20-19-11)16(22)18-13(17(2,3)4)10-12-8-6-5-7-9-12/h5-9,11,13-15,19-20H,10H2,1-4H3,(H,18,22). The smallest absolute Gasteiger partial charge is 0.254 e. The van der Waals surface area contributed by atoms with Gasteiger partial charge in [-0.2, -0.15) is 0 Å². The fraction of sp³-hybridized carbons (Fsp3) is 0.588. The summed E-state index contributed by atoms with van der Waals surface area (Å²) >= 11 is 0. The lowest BCUT2D eigenvalue weighted by atomic mass is 9.82. The van der Waals surface area contributed by atoms with Crippen LogP contribution in [0, 0.1) is 15.5 Å². The maximum absolute atomic E-state index is 12.6. The first-order chi connectivity index (χ1) is 11.2. The molecule has 0 saturated carbocycles. The van der Waals surface area contributed by atoms with Gasteiger partial charge in [-0.05, 0) is 24.3 Å². The van der Waals surface area contributed by atoms with E-state index in [1.165, 1.54) is 0 Å². The van der Waals surface area contributed by atoms with Crippen molar-refractivity contribution in [3.8, 4) is 0 Å². The summed E-state index contributed by atoms with van der Waals surface area (Å²) in [5.74, 6) is -0.343.